The van der Waals surface area contributed by atoms with E-state index < -0.39 is 0 Å². The summed E-state index contributed by atoms with van der Waals surface area (Å²) in [5, 5.41) is 3.83. The van der Waals surface area contributed by atoms with Gasteiger partial charge in [0, 0.05) is 14.1 Å². The molecule has 0 atom stereocenters. The molecule has 0 spiro atoms. The van der Waals surface area contributed by atoms with Gasteiger partial charge >= 0.3 is 6.03 Å². The maximum Gasteiger partial charge on any atom is 0.323 e. The Morgan fingerprint density at radius 1 is 1.56 bits per heavy atom. The highest BCUT2D eigenvalue weighted by Crippen LogP contribution is 2.33. The Labute approximate surface area is 102 Å². The molecule has 2 amide bonds. The number of fused-ring (bicyclic) bond motifs is 1. The Hall–Kier alpha value is -1.33. The third kappa shape index (κ3) is 1.83. The second-order valence-electron chi connectivity index (χ2n) is 3.20. The number of carbonyl (C=O) groups excluding carboxylic acids is 1. The van der Waals surface area contributed by atoms with Crippen LogP contribution in [0.5, 0.6) is 0 Å². The molecule has 0 fully saturated rings. The standard InChI is InChI=1S/C10H10ClN3OS/c1-12-9(15)14(2)10-13-7-5-3-4-6(11)8(7)16-10/h3-5H,1-2H3,(H,12,15). The molecular weight excluding hydrogens is 246 g/mol. The van der Waals surface area contributed by atoms with Crippen LogP contribution in [0.2, 0.25) is 5.02 Å². The van der Waals surface area contributed by atoms with Gasteiger partial charge in [-0.05, 0) is 12.1 Å². The zero-order chi connectivity index (χ0) is 11.7. The van der Waals surface area contributed by atoms with Gasteiger partial charge in [-0.15, -0.1) is 0 Å². The van der Waals surface area contributed by atoms with E-state index in [4.69, 9.17) is 11.6 Å². The van der Waals surface area contributed by atoms with E-state index in [0.29, 0.717) is 10.2 Å². The van der Waals surface area contributed by atoms with Crippen LogP contribution in [-0.4, -0.2) is 25.1 Å². The number of hydrogen-bond donors (Lipinski definition) is 1. The van der Waals surface area contributed by atoms with Crippen LogP contribution in [0.4, 0.5) is 9.93 Å². The number of thiazole rings is 1. The van der Waals surface area contributed by atoms with Crippen LogP contribution in [0.3, 0.4) is 0 Å². The molecule has 1 N–H and O–H groups in total. The molecule has 84 valence electrons. The predicted molar refractivity (Wildman–Crippen MR) is 67.5 cm³/mol. The Kier molecular flexibility index (Phi) is 2.98. The van der Waals surface area contributed by atoms with E-state index in [9.17, 15) is 4.79 Å². The SMILES string of the molecule is CNC(=O)N(C)c1nc2cccc(Cl)c2s1. The molecule has 0 saturated carbocycles. The van der Waals surface area contributed by atoms with Crippen molar-refractivity contribution in [1.29, 1.82) is 0 Å². The maximum atomic E-state index is 11.4. The van der Waals surface area contributed by atoms with Crippen molar-refractivity contribution in [2.45, 2.75) is 0 Å². The molecule has 2 rings (SSSR count). The van der Waals surface area contributed by atoms with Crippen molar-refractivity contribution in [3.63, 3.8) is 0 Å². The highest BCUT2D eigenvalue weighted by molar-refractivity contribution is 7.23. The normalized spacial score (nSPS) is 10.4. The number of halogens is 1. The molecule has 1 aromatic carbocycles. The lowest BCUT2D eigenvalue weighted by molar-refractivity contribution is 0.249. The van der Waals surface area contributed by atoms with Gasteiger partial charge in [-0.2, -0.15) is 0 Å². The Bertz CT molecular complexity index is 540. The van der Waals surface area contributed by atoms with E-state index in [1.54, 1.807) is 14.1 Å². The van der Waals surface area contributed by atoms with Gasteiger partial charge in [-0.25, -0.2) is 9.78 Å². The molecule has 0 unspecified atom stereocenters. The number of amides is 2. The first-order valence-electron chi connectivity index (χ1n) is 4.64. The molecule has 0 aliphatic rings. The van der Waals surface area contributed by atoms with Gasteiger partial charge in [-0.3, -0.25) is 4.90 Å². The zero-order valence-electron chi connectivity index (χ0n) is 8.82. The van der Waals surface area contributed by atoms with Crippen molar-refractivity contribution in [3.05, 3.63) is 23.2 Å². The van der Waals surface area contributed by atoms with Crippen LogP contribution in [0.1, 0.15) is 0 Å². The largest absolute Gasteiger partial charge is 0.341 e. The van der Waals surface area contributed by atoms with E-state index in [0.717, 1.165) is 10.2 Å². The second kappa shape index (κ2) is 4.27. The van der Waals surface area contributed by atoms with Crippen LogP contribution in [0.15, 0.2) is 18.2 Å². The van der Waals surface area contributed by atoms with Crippen LogP contribution < -0.4 is 10.2 Å². The quantitative estimate of drug-likeness (QED) is 0.852. The van der Waals surface area contributed by atoms with Gasteiger partial charge in [0.2, 0.25) is 0 Å². The molecule has 0 radical (unpaired) electrons. The molecule has 0 aliphatic heterocycles. The molecular formula is C10H10ClN3OS. The van der Waals surface area contributed by atoms with Crippen LogP contribution >= 0.6 is 22.9 Å². The van der Waals surface area contributed by atoms with Crippen molar-refractivity contribution < 1.29 is 4.79 Å². The summed E-state index contributed by atoms with van der Waals surface area (Å²) in [7, 11) is 3.25. The number of urea groups is 1. The van der Waals surface area contributed by atoms with Gasteiger partial charge in [-0.1, -0.05) is 29.0 Å². The fraction of sp³-hybridized carbons (Fsp3) is 0.200. The third-order valence-corrected chi connectivity index (χ3v) is 3.77. The molecule has 6 heteroatoms. The van der Waals surface area contributed by atoms with Crippen molar-refractivity contribution in [3.8, 4) is 0 Å². The Morgan fingerprint density at radius 3 is 2.94 bits per heavy atom. The lowest BCUT2D eigenvalue weighted by Crippen LogP contribution is -2.34. The summed E-state index contributed by atoms with van der Waals surface area (Å²) < 4.78 is 0.898. The van der Waals surface area contributed by atoms with Crippen molar-refractivity contribution in [2.24, 2.45) is 0 Å². The molecule has 1 heterocycles. The molecule has 4 nitrogen and oxygen atoms in total. The molecule has 16 heavy (non-hydrogen) atoms. The zero-order valence-corrected chi connectivity index (χ0v) is 10.4. The summed E-state index contributed by atoms with van der Waals surface area (Å²) in [6.45, 7) is 0. The average Bonchev–Trinajstić information content (AvgIpc) is 2.72. The van der Waals surface area contributed by atoms with E-state index in [2.05, 4.69) is 10.3 Å². The minimum absolute atomic E-state index is 0.199. The van der Waals surface area contributed by atoms with Crippen LogP contribution in [0.25, 0.3) is 10.2 Å². The number of anilines is 1. The average molecular weight is 256 g/mol. The number of hydrogen-bond acceptors (Lipinski definition) is 3. The number of rotatable bonds is 1. The number of nitrogens with zero attached hydrogens (tertiary/aromatic N) is 2. The first-order valence-corrected chi connectivity index (χ1v) is 5.83. The first kappa shape index (κ1) is 11.2. The molecule has 1 aromatic heterocycles. The predicted octanol–water partition coefficient (Wildman–Crippen LogP) is 2.73. The summed E-state index contributed by atoms with van der Waals surface area (Å²) in [5.74, 6) is 0. The Morgan fingerprint density at radius 2 is 2.31 bits per heavy atom. The second-order valence-corrected chi connectivity index (χ2v) is 4.58. The monoisotopic (exact) mass is 255 g/mol. The third-order valence-electron chi connectivity index (χ3n) is 2.16. The van der Waals surface area contributed by atoms with Crippen LogP contribution in [-0.2, 0) is 0 Å². The molecule has 0 saturated heterocycles. The number of carbonyl (C=O) groups is 1. The minimum Gasteiger partial charge on any atom is -0.341 e. The minimum atomic E-state index is -0.199. The highest BCUT2D eigenvalue weighted by Gasteiger charge is 2.14. The summed E-state index contributed by atoms with van der Waals surface area (Å²) in [4.78, 5) is 17.2. The van der Waals surface area contributed by atoms with Gasteiger partial charge in [0.1, 0.15) is 0 Å². The lowest BCUT2D eigenvalue weighted by Gasteiger charge is -2.11. The Balaban J connectivity index is 2.47. The van der Waals surface area contributed by atoms with E-state index in [1.165, 1.54) is 16.2 Å². The van der Waals surface area contributed by atoms with Crippen molar-refractivity contribution in [1.82, 2.24) is 10.3 Å². The number of nitrogens with one attached hydrogen (secondary N) is 1. The molecule has 0 aliphatic carbocycles. The topological polar surface area (TPSA) is 45.2 Å². The van der Waals surface area contributed by atoms with Gasteiger partial charge in [0.15, 0.2) is 5.13 Å². The lowest BCUT2D eigenvalue weighted by atomic mass is 10.3. The fourth-order valence-corrected chi connectivity index (χ4v) is 2.52. The molecule has 0 bridgehead atoms. The van der Waals surface area contributed by atoms with E-state index >= 15 is 0 Å². The van der Waals surface area contributed by atoms with Gasteiger partial charge < -0.3 is 5.32 Å². The first-order chi connectivity index (χ1) is 7.63. The van der Waals surface area contributed by atoms with Crippen LogP contribution in [0, 0.1) is 0 Å². The van der Waals surface area contributed by atoms with E-state index in [-0.39, 0.29) is 6.03 Å². The smallest absolute Gasteiger partial charge is 0.323 e. The number of benzene rings is 1. The summed E-state index contributed by atoms with van der Waals surface area (Å²) in [5.41, 5.74) is 0.809. The summed E-state index contributed by atoms with van der Waals surface area (Å²) >= 11 is 7.44. The molecule has 2 aromatic rings. The maximum absolute atomic E-state index is 11.4. The van der Waals surface area contributed by atoms with Crippen molar-refractivity contribution in [2.75, 3.05) is 19.0 Å². The fourth-order valence-electron chi connectivity index (χ4n) is 1.30. The van der Waals surface area contributed by atoms with Crippen molar-refractivity contribution >= 4 is 44.3 Å². The van der Waals surface area contributed by atoms with Gasteiger partial charge in [0.05, 0.1) is 15.2 Å². The highest BCUT2D eigenvalue weighted by atomic mass is 35.5. The van der Waals surface area contributed by atoms with Gasteiger partial charge in [0.25, 0.3) is 0 Å². The summed E-state index contributed by atoms with van der Waals surface area (Å²) in [6.07, 6.45) is 0. The number of aromatic nitrogens is 1. The van der Waals surface area contributed by atoms with E-state index in [1.807, 2.05) is 18.2 Å². The summed E-state index contributed by atoms with van der Waals surface area (Å²) in [6, 6.07) is 5.33.